The van der Waals surface area contributed by atoms with E-state index in [1.807, 2.05) is 0 Å². The molecule has 0 unspecified atom stereocenters. The Bertz CT molecular complexity index is 968. The molecule has 150 valence electrons. The van der Waals surface area contributed by atoms with Crippen molar-refractivity contribution in [2.75, 3.05) is 26.2 Å². The topological polar surface area (TPSA) is 79.5 Å². The highest BCUT2D eigenvalue weighted by Crippen LogP contribution is 2.55. The van der Waals surface area contributed by atoms with E-state index in [-0.39, 0.29) is 4.90 Å². The van der Waals surface area contributed by atoms with Crippen molar-refractivity contribution in [2.45, 2.75) is 43.0 Å². The Labute approximate surface area is 165 Å². The Morgan fingerprint density at radius 2 is 1.57 bits per heavy atom. The van der Waals surface area contributed by atoms with Gasteiger partial charge in [0.15, 0.2) is 5.52 Å². The molecule has 1 saturated heterocycles. The quantitative estimate of drug-likeness (QED) is 0.784. The summed E-state index contributed by atoms with van der Waals surface area (Å²) in [7, 11) is -3.59. The molecule has 2 aromatic rings. The second-order valence-electron chi connectivity index (χ2n) is 9.25. The standard InChI is InChI=1S/C20H26N4O3S/c25-28(26,18-3-1-2-17-19(18)22-27-21-17)24-6-4-23(5-7-24)20-15-9-13-8-14(11-15)12-16(20)10-13/h1-3,13-16,20H,4-12H2. The predicted octanol–water partition coefficient (Wildman–Crippen LogP) is 2.35. The number of aromatic nitrogens is 2. The lowest BCUT2D eigenvalue weighted by atomic mass is 9.54. The van der Waals surface area contributed by atoms with E-state index in [0.29, 0.717) is 30.2 Å². The Morgan fingerprint density at radius 3 is 2.25 bits per heavy atom. The van der Waals surface area contributed by atoms with E-state index in [9.17, 15) is 8.42 Å². The van der Waals surface area contributed by atoms with Gasteiger partial charge in [0.1, 0.15) is 10.4 Å². The zero-order valence-corrected chi connectivity index (χ0v) is 16.7. The molecular formula is C20H26N4O3S. The van der Waals surface area contributed by atoms with Gasteiger partial charge in [0, 0.05) is 32.2 Å². The summed E-state index contributed by atoms with van der Waals surface area (Å²) in [5, 5.41) is 7.59. The van der Waals surface area contributed by atoms with Gasteiger partial charge in [-0.2, -0.15) is 4.31 Å². The lowest BCUT2D eigenvalue weighted by Gasteiger charge is -2.58. The minimum absolute atomic E-state index is 0.203. The molecule has 0 radical (unpaired) electrons. The molecule has 2 heterocycles. The molecule has 0 N–H and O–H groups in total. The molecule has 7 rings (SSSR count). The summed E-state index contributed by atoms with van der Waals surface area (Å²) in [5.74, 6) is 3.62. The van der Waals surface area contributed by atoms with Crippen molar-refractivity contribution in [1.29, 1.82) is 0 Å². The SMILES string of the molecule is O=S(=O)(c1cccc2nonc12)N1CCN(C2C3CC4CC(C3)CC2C4)CC1. The molecule has 1 aliphatic heterocycles. The zero-order chi connectivity index (χ0) is 18.9. The van der Waals surface area contributed by atoms with Crippen LogP contribution in [0.4, 0.5) is 0 Å². The second-order valence-corrected chi connectivity index (χ2v) is 11.2. The Morgan fingerprint density at radius 1 is 0.893 bits per heavy atom. The molecule has 7 nitrogen and oxygen atoms in total. The highest BCUT2D eigenvalue weighted by Gasteiger charge is 2.50. The minimum Gasteiger partial charge on any atom is -0.297 e. The van der Waals surface area contributed by atoms with Gasteiger partial charge >= 0.3 is 0 Å². The summed E-state index contributed by atoms with van der Waals surface area (Å²) in [5.41, 5.74) is 0.805. The first-order valence-electron chi connectivity index (χ1n) is 10.5. The van der Waals surface area contributed by atoms with Gasteiger partial charge in [-0.1, -0.05) is 6.07 Å². The van der Waals surface area contributed by atoms with Crippen LogP contribution in [0.3, 0.4) is 0 Å². The first kappa shape index (κ1) is 17.4. The second kappa shape index (κ2) is 6.24. The lowest BCUT2D eigenvalue weighted by Crippen LogP contribution is -2.60. The number of sulfonamides is 1. The van der Waals surface area contributed by atoms with Crippen LogP contribution < -0.4 is 0 Å². The highest BCUT2D eigenvalue weighted by molar-refractivity contribution is 7.89. The number of fused-ring (bicyclic) bond motifs is 1. The Balaban J connectivity index is 1.20. The van der Waals surface area contributed by atoms with Crippen molar-refractivity contribution in [3.05, 3.63) is 18.2 Å². The van der Waals surface area contributed by atoms with E-state index in [0.717, 1.165) is 36.8 Å². The van der Waals surface area contributed by atoms with Crippen molar-refractivity contribution >= 4 is 21.1 Å². The summed E-state index contributed by atoms with van der Waals surface area (Å²) < 4.78 is 32.8. The fraction of sp³-hybridized carbons (Fsp3) is 0.700. The van der Waals surface area contributed by atoms with Gasteiger partial charge in [0.25, 0.3) is 0 Å². The summed E-state index contributed by atoms with van der Waals surface area (Å²) in [6.45, 7) is 2.76. The van der Waals surface area contributed by atoms with Gasteiger partial charge in [-0.25, -0.2) is 13.0 Å². The molecule has 8 heteroatoms. The van der Waals surface area contributed by atoms with E-state index >= 15 is 0 Å². The summed E-state index contributed by atoms with van der Waals surface area (Å²) in [6.07, 6.45) is 7.07. The predicted molar refractivity (Wildman–Crippen MR) is 103 cm³/mol. The van der Waals surface area contributed by atoms with Crippen LogP contribution in [0.5, 0.6) is 0 Å². The lowest BCUT2D eigenvalue weighted by molar-refractivity contribution is -0.0720. The van der Waals surface area contributed by atoms with Crippen LogP contribution >= 0.6 is 0 Å². The maximum Gasteiger partial charge on any atom is 0.245 e. The molecule has 28 heavy (non-hydrogen) atoms. The van der Waals surface area contributed by atoms with Gasteiger partial charge < -0.3 is 0 Å². The normalized spacial score (nSPS) is 36.4. The van der Waals surface area contributed by atoms with E-state index < -0.39 is 10.0 Å². The van der Waals surface area contributed by atoms with E-state index in [4.69, 9.17) is 4.63 Å². The van der Waals surface area contributed by atoms with Crippen LogP contribution in [0.2, 0.25) is 0 Å². The van der Waals surface area contributed by atoms with Crippen molar-refractivity contribution in [3.63, 3.8) is 0 Å². The van der Waals surface area contributed by atoms with Crippen LogP contribution in [0.1, 0.15) is 32.1 Å². The summed E-state index contributed by atoms with van der Waals surface area (Å²) >= 11 is 0. The van der Waals surface area contributed by atoms with Gasteiger partial charge in [0.05, 0.1) is 0 Å². The monoisotopic (exact) mass is 402 g/mol. The average molecular weight is 403 g/mol. The van der Waals surface area contributed by atoms with Crippen LogP contribution in [0.25, 0.3) is 11.0 Å². The first-order valence-corrected chi connectivity index (χ1v) is 12.0. The number of benzene rings is 1. The summed E-state index contributed by atoms with van der Waals surface area (Å²) in [6, 6.07) is 5.70. The van der Waals surface area contributed by atoms with Crippen molar-refractivity contribution in [2.24, 2.45) is 23.7 Å². The van der Waals surface area contributed by atoms with Crippen LogP contribution in [0.15, 0.2) is 27.7 Å². The molecule has 1 aromatic carbocycles. The van der Waals surface area contributed by atoms with Crippen LogP contribution in [0, 0.1) is 23.7 Å². The molecule has 0 spiro atoms. The van der Waals surface area contributed by atoms with Crippen LogP contribution in [-0.2, 0) is 10.0 Å². The van der Waals surface area contributed by atoms with E-state index in [1.165, 1.54) is 32.1 Å². The van der Waals surface area contributed by atoms with Gasteiger partial charge in [-0.05, 0) is 78.2 Å². The largest absolute Gasteiger partial charge is 0.297 e. The van der Waals surface area contributed by atoms with Crippen molar-refractivity contribution < 1.29 is 13.0 Å². The number of nitrogens with zero attached hydrogens (tertiary/aromatic N) is 4. The Kier molecular flexibility index (Phi) is 3.87. The van der Waals surface area contributed by atoms with E-state index in [1.54, 1.807) is 22.5 Å². The molecule has 4 saturated carbocycles. The summed E-state index contributed by atoms with van der Waals surface area (Å²) in [4.78, 5) is 2.81. The smallest absolute Gasteiger partial charge is 0.245 e. The highest BCUT2D eigenvalue weighted by atomic mass is 32.2. The number of hydrogen-bond acceptors (Lipinski definition) is 6. The van der Waals surface area contributed by atoms with Crippen LogP contribution in [-0.4, -0.2) is 60.2 Å². The maximum absolute atomic E-state index is 13.2. The van der Waals surface area contributed by atoms with Gasteiger partial charge in [-0.15, -0.1) is 0 Å². The number of rotatable bonds is 3. The molecule has 5 fully saturated rings. The first-order chi connectivity index (χ1) is 13.6. The third kappa shape index (κ3) is 2.57. The number of piperazine rings is 1. The third-order valence-corrected chi connectivity index (χ3v) is 9.67. The molecule has 1 aromatic heterocycles. The van der Waals surface area contributed by atoms with Crippen molar-refractivity contribution in [3.8, 4) is 0 Å². The Hall–Kier alpha value is -1.51. The fourth-order valence-electron chi connectivity index (χ4n) is 6.86. The molecule has 0 atom stereocenters. The fourth-order valence-corrected chi connectivity index (χ4v) is 8.42. The molecule has 4 aliphatic carbocycles. The third-order valence-electron chi connectivity index (χ3n) is 7.74. The molecule has 4 bridgehead atoms. The number of hydrogen-bond donors (Lipinski definition) is 0. The zero-order valence-electron chi connectivity index (χ0n) is 15.9. The van der Waals surface area contributed by atoms with Gasteiger partial charge in [0.2, 0.25) is 10.0 Å². The van der Waals surface area contributed by atoms with Crippen molar-refractivity contribution in [1.82, 2.24) is 19.5 Å². The molecule has 0 amide bonds. The average Bonchev–Trinajstić information content (AvgIpc) is 3.16. The maximum atomic E-state index is 13.2. The minimum atomic E-state index is -3.59. The van der Waals surface area contributed by atoms with Gasteiger partial charge in [-0.3, -0.25) is 4.90 Å². The molecule has 5 aliphatic rings. The van der Waals surface area contributed by atoms with E-state index in [2.05, 4.69) is 15.2 Å². The molecular weight excluding hydrogens is 376 g/mol.